The second-order valence-electron chi connectivity index (χ2n) is 10.4. The van der Waals surface area contributed by atoms with Gasteiger partial charge in [0.2, 0.25) is 0 Å². The van der Waals surface area contributed by atoms with Gasteiger partial charge in [0.25, 0.3) is 0 Å². The third kappa shape index (κ3) is 4.65. The van der Waals surface area contributed by atoms with E-state index in [1.807, 2.05) is 0 Å². The minimum absolute atomic E-state index is 0.741. The number of hydrogen-bond acceptors (Lipinski definition) is 2. The van der Waals surface area contributed by atoms with E-state index < -0.39 is 0 Å². The summed E-state index contributed by atoms with van der Waals surface area (Å²) in [6.07, 6.45) is 19.0. The van der Waals surface area contributed by atoms with Crippen molar-refractivity contribution in [3.63, 3.8) is 0 Å². The van der Waals surface area contributed by atoms with Crippen LogP contribution < -0.4 is 5.32 Å². The first kappa shape index (κ1) is 19.6. The average Bonchev–Trinajstić information content (AvgIpc) is 3.23. The Bertz CT molecular complexity index is 500. The van der Waals surface area contributed by atoms with Crippen molar-refractivity contribution in [2.24, 2.45) is 17.8 Å². The molecule has 0 aromatic heterocycles. The van der Waals surface area contributed by atoms with Crippen LogP contribution in [-0.2, 0) is 0 Å². The highest BCUT2D eigenvalue weighted by Gasteiger charge is 2.47. The van der Waals surface area contributed by atoms with Crippen molar-refractivity contribution in [3.05, 3.63) is 0 Å². The lowest BCUT2D eigenvalue weighted by Crippen LogP contribution is -2.45. The Morgan fingerprint density at radius 3 is 2.41 bits per heavy atom. The molecule has 27 heavy (non-hydrogen) atoms. The number of hydrogen-bond donors (Lipinski definition) is 1. The Kier molecular flexibility index (Phi) is 6.66. The van der Waals surface area contributed by atoms with Crippen LogP contribution in [0.5, 0.6) is 0 Å². The lowest BCUT2D eigenvalue weighted by Gasteiger charge is -2.28. The van der Waals surface area contributed by atoms with Gasteiger partial charge in [0.1, 0.15) is 18.6 Å². The normalized spacial score (nSPS) is 30.3. The van der Waals surface area contributed by atoms with E-state index >= 15 is 0 Å². The third-order valence-corrected chi connectivity index (χ3v) is 7.94. The number of guanidine groups is 1. The molecule has 0 radical (unpaired) electrons. The molecule has 0 amide bonds. The van der Waals surface area contributed by atoms with Gasteiger partial charge in [-0.05, 0) is 49.9 Å². The summed E-state index contributed by atoms with van der Waals surface area (Å²) in [5, 5.41) is 3.88. The molecule has 0 spiro atoms. The maximum atomic E-state index is 3.88. The number of nitrogens with one attached hydrogen (secondary N) is 1. The maximum absolute atomic E-state index is 3.88. The molecule has 1 N–H and O–H groups in total. The lowest BCUT2D eigenvalue weighted by atomic mass is 9.83. The highest BCUT2D eigenvalue weighted by atomic mass is 15.4. The largest absolute Gasteiger partial charge is 0.349 e. The van der Waals surface area contributed by atoms with E-state index in [4.69, 9.17) is 0 Å². The van der Waals surface area contributed by atoms with Crippen LogP contribution in [0.25, 0.3) is 0 Å². The van der Waals surface area contributed by atoms with Gasteiger partial charge in [-0.2, -0.15) is 0 Å². The molecular formula is C24H44N3+. The van der Waals surface area contributed by atoms with E-state index in [1.165, 1.54) is 109 Å². The maximum Gasteiger partial charge on any atom is 0.349 e. The monoisotopic (exact) mass is 374 g/mol. The topological polar surface area (TPSA) is 18.3 Å². The predicted molar refractivity (Wildman–Crippen MR) is 114 cm³/mol. The van der Waals surface area contributed by atoms with Gasteiger partial charge in [-0.1, -0.05) is 65.2 Å². The lowest BCUT2D eigenvalue weighted by molar-refractivity contribution is -0.559. The molecule has 2 aliphatic carbocycles. The van der Waals surface area contributed by atoms with Crippen LogP contribution in [-0.4, -0.2) is 47.2 Å². The molecule has 2 atom stereocenters. The van der Waals surface area contributed by atoms with Gasteiger partial charge in [-0.25, -0.2) is 0 Å². The molecule has 2 aliphatic heterocycles. The van der Waals surface area contributed by atoms with Gasteiger partial charge >= 0.3 is 5.96 Å². The molecule has 4 rings (SSSR count). The Morgan fingerprint density at radius 2 is 1.70 bits per heavy atom. The van der Waals surface area contributed by atoms with Gasteiger partial charge in [-0.3, -0.25) is 14.8 Å². The molecule has 0 aromatic carbocycles. The third-order valence-electron chi connectivity index (χ3n) is 7.94. The molecule has 2 fully saturated rings. The van der Waals surface area contributed by atoms with E-state index in [1.54, 1.807) is 0 Å². The summed E-state index contributed by atoms with van der Waals surface area (Å²) in [5.41, 5.74) is 0. The van der Waals surface area contributed by atoms with Gasteiger partial charge in [-0.15, -0.1) is 0 Å². The molecule has 0 saturated heterocycles. The van der Waals surface area contributed by atoms with Crippen LogP contribution >= 0.6 is 0 Å². The molecule has 3 nitrogen and oxygen atoms in total. The van der Waals surface area contributed by atoms with Gasteiger partial charge in [0.15, 0.2) is 0 Å². The summed E-state index contributed by atoms with van der Waals surface area (Å²) in [6, 6.07) is 1.52. The molecular weight excluding hydrogens is 330 g/mol. The minimum Gasteiger partial charge on any atom is -0.274 e. The number of rotatable bonds is 7. The van der Waals surface area contributed by atoms with Crippen LogP contribution in [0.1, 0.15) is 97.3 Å². The first-order valence-corrected chi connectivity index (χ1v) is 12.4. The summed E-state index contributed by atoms with van der Waals surface area (Å²) in [5.74, 6) is 4.27. The van der Waals surface area contributed by atoms with Crippen molar-refractivity contribution in [2.45, 2.75) is 109 Å². The highest BCUT2D eigenvalue weighted by molar-refractivity contribution is 5.77. The van der Waals surface area contributed by atoms with E-state index in [2.05, 4.69) is 28.6 Å². The number of nitrogens with zero attached hydrogens (tertiary/aromatic N) is 2. The van der Waals surface area contributed by atoms with Gasteiger partial charge in [0.05, 0.1) is 13.1 Å². The van der Waals surface area contributed by atoms with E-state index in [9.17, 15) is 0 Å². The summed E-state index contributed by atoms with van der Waals surface area (Å²) >= 11 is 0. The standard InChI is InChI=1S/C24H43N3/c1-19(2)16-22-18-27-23(21-13-7-4-8-14-21)17-25-24(27)26(22)15-9-12-20-10-5-3-6-11-20/h19-23H,3-18H2,1-2H3/p+1/t22-,23+/m1/s1. The Morgan fingerprint density at radius 1 is 1.00 bits per heavy atom. The first-order valence-electron chi connectivity index (χ1n) is 12.4. The van der Waals surface area contributed by atoms with Crippen molar-refractivity contribution >= 4 is 5.96 Å². The second-order valence-corrected chi connectivity index (χ2v) is 10.4. The zero-order valence-electron chi connectivity index (χ0n) is 18.1. The van der Waals surface area contributed by atoms with Crippen LogP contribution in [0.2, 0.25) is 0 Å². The minimum atomic E-state index is 0.741. The van der Waals surface area contributed by atoms with Crippen molar-refractivity contribution < 1.29 is 4.58 Å². The SMILES string of the molecule is CC(C)C[C@@H]1C[N+]2=C(NC[C@H]2C2CCCCC2)N1CCCC1CCCCC1. The van der Waals surface area contributed by atoms with Gasteiger partial charge in [0, 0.05) is 0 Å². The fourth-order valence-corrected chi connectivity index (χ4v) is 6.55. The van der Waals surface area contributed by atoms with Crippen LogP contribution in [0.4, 0.5) is 0 Å². The van der Waals surface area contributed by atoms with Crippen LogP contribution in [0, 0.1) is 17.8 Å². The van der Waals surface area contributed by atoms with Crippen molar-refractivity contribution in [2.75, 3.05) is 19.6 Å². The molecule has 2 heterocycles. The molecule has 2 saturated carbocycles. The smallest absolute Gasteiger partial charge is 0.274 e. The van der Waals surface area contributed by atoms with Gasteiger partial charge < -0.3 is 0 Å². The summed E-state index contributed by atoms with van der Waals surface area (Å²) < 4.78 is 2.81. The Balaban J connectivity index is 1.38. The van der Waals surface area contributed by atoms with E-state index in [0.29, 0.717) is 0 Å². The molecule has 4 aliphatic rings. The zero-order valence-corrected chi connectivity index (χ0v) is 18.1. The van der Waals surface area contributed by atoms with Crippen LogP contribution in [0.15, 0.2) is 0 Å². The summed E-state index contributed by atoms with van der Waals surface area (Å²) in [7, 11) is 0. The van der Waals surface area contributed by atoms with Crippen molar-refractivity contribution in [3.8, 4) is 0 Å². The first-order chi connectivity index (χ1) is 13.2. The molecule has 0 bridgehead atoms. The quantitative estimate of drug-likeness (QED) is 0.632. The fraction of sp³-hybridized carbons (Fsp3) is 0.958. The average molecular weight is 375 g/mol. The second kappa shape index (κ2) is 9.18. The molecule has 0 unspecified atom stereocenters. The zero-order chi connectivity index (χ0) is 18.6. The molecule has 0 aromatic rings. The Labute approximate surface area is 168 Å². The summed E-state index contributed by atoms with van der Waals surface area (Å²) in [4.78, 5) is 2.80. The van der Waals surface area contributed by atoms with Crippen molar-refractivity contribution in [1.82, 2.24) is 10.2 Å². The molecule has 154 valence electrons. The summed E-state index contributed by atoms with van der Waals surface area (Å²) in [6.45, 7) is 8.57. The van der Waals surface area contributed by atoms with E-state index in [0.717, 1.165) is 29.8 Å². The van der Waals surface area contributed by atoms with E-state index in [-0.39, 0.29) is 0 Å². The highest BCUT2D eigenvalue weighted by Crippen LogP contribution is 2.32. The van der Waals surface area contributed by atoms with Crippen LogP contribution in [0.3, 0.4) is 0 Å². The molecule has 3 heteroatoms. The Hall–Kier alpha value is -0.730. The fourth-order valence-electron chi connectivity index (χ4n) is 6.55. The predicted octanol–water partition coefficient (Wildman–Crippen LogP) is 5.00. The van der Waals surface area contributed by atoms with Crippen molar-refractivity contribution in [1.29, 1.82) is 0 Å².